The molecule has 1 aliphatic carbocycles. The van der Waals surface area contributed by atoms with Crippen LogP contribution in [0.25, 0.3) is 0 Å². The van der Waals surface area contributed by atoms with Gasteiger partial charge < -0.3 is 5.32 Å². The van der Waals surface area contributed by atoms with Crippen molar-refractivity contribution >= 4 is 0 Å². The summed E-state index contributed by atoms with van der Waals surface area (Å²) < 4.78 is 2.10. The third-order valence-corrected chi connectivity index (χ3v) is 4.44. The zero-order valence-electron chi connectivity index (χ0n) is 14.4. The average Bonchev–Trinajstić information content (AvgIpc) is 3.14. The Hall–Kier alpha value is -0.900. The first kappa shape index (κ1) is 16.5. The smallest absolute Gasteiger partial charge is 0.138 e. The third kappa shape index (κ3) is 4.80. The van der Waals surface area contributed by atoms with E-state index in [-0.39, 0.29) is 0 Å². The minimum Gasteiger partial charge on any atom is -0.316 e. The summed E-state index contributed by atoms with van der Waals surface area (Å²) in [6, 6.07) is 0. The Morgan fingerprint density at radius 2 is 2.00 bits per heavy atom. The van der Waals surface area contributed by atoms with Gasteiger partial charge in [-0.3, -0.25) is 0 Å². The molecule has 1 saturated carbocycles. The highest BCUT2D eigenvalue weighted by molar-refractivity contribution is 5.00. The number of nitrogens with zero attached hydrogens (tertiary/aromatic N) is 3. The van der Waals surface area contributed by atoms with Crippen LogP contribution in [0.1, 0.15) is 53.3 Å². The summed E-state index contributed by atoms with van der Waals surface area (Å²) in [6.45, 7) is 14.6. The van der Waals surface area contributed by atoms with Crippen LogP contribution in [0, 0.1) is 23.2 Å². The van der Waals surface area contributed by atoms with Gasteiger partial charge in [0.05, 0.1) is 0 Å². The number of nitrogens with one attached hydrogen (secondary N) is 1. The summed E-state index contributed by atoms with van der Waals surface area (Å²) >= 11 is 0. The van der Waals surface area contributed by atoms with Gasteiger partial charge >= 0.3 is 0 Å². The van der Waals surface area contributed by atoms with Crippen LogP contribution in [0.3, 0.4) is 0 Å². The van der Waals surface area contributed by atoms with Crippen molar-refractivity contribution in [1.82, 2.24) is 20.1 Å². The van der Waals surface area contributed by atoms with E-state index in [4.69, 9.17) is 0 Å². The first-order valence-electron chi connectivity index (χ1n) is 8.48. The van der Waals surface area contributed by atoms with Gasteiger partial charge in [0.1, 0.15) is 12.2 Å². The molecular formula is C17H32N4. The van der Waals surface area contributed by atoms with Crippen LogP contribution in [0.5, 0.6) is 0 Å². The van der Waals surface area contributed by atoms with E-state index in [1.54, 1.807) is 6.33 Å². The van der Waals surface area contributed by atoms with Crippen LogP contribution in [-0.2, 0) is 13.0 Å². The molecule has 2 rings (SSSR count). The molecular weight excluding hydrogens is 260 g/mol. The second-order valence-corrected chi connectivity index (χ2v) is 7.88. The maximum absolute atomic E-state index is 4.53. The monoisotopic (exact) mass is 292 g/mol. The molecule has 1 aliphatic rings. The highest BCUT2D eigenvalue weighted by Gasteiger charge is 2.42. The molecule has 120 valence electrons. The topological polar surface area (TPSA) is 42.7 Å². The molecule has 1 atom stereocenters. The number of aromatic nitrogens is 3. The lowest BCUT2D eigenvalue weighted by atomic mass is 9.81. The van der Waals surface area contributed by atoms with Crippen molar-refractivity contribution in [3.63, 3.8) is 0 Å². The van der Waals surface area contributed by atoms with Gasteiger partial charge in [0.15, 0.2) is 0 Å². The van der Waals surface area contributed by atoms with Gasteiger partial charge in [-0.2, -0.15) is 5.10 Å². The zero-order chi connectivity index (χ0) is 15.5. The van der Waals surface area contributed by atoms with E-state index >= 15 is 0 Å². The van der Waals surface area contributed by atoms with Crippen LogP contribution in [0.4, 0.5) is 0 Å². The van der Waals surface area contributed by atoms with E-state index in [0.717, 1.165) is 37.8 Å². The quantitative estimate of drug-likeness (QED) is 0.760. The van der Waals surface area contributed by atoms with E-state index in [2.05, 4.69) is 54.7 Å². The highest BCUT2D eigenvalue weighted by atomic mass is 15.3. The van der Waals surface area contributed by atoms with E-state index in [1.807, 2.05) is 0 Å². The Morgan fingerprint density at radius 3 is 2.57 bits per heavy atom. The summed E-state index contributed by atoms with van der Waals surface area (Å²) in [5.41, 5.74) is 0.316. The molecule has 1 heterocycles. The molecule has 21 heavy (non-hydrogen) atoms. The standard InChI is InChI=1S/C17H32N4/c1-13(2)9-18-11-17(5,15-6-7-15)8-16-19-12-20-21(16)10-14(3)4/h12-15,18H,6-11H2,1-5H3. The zero-order valence-corrected chi connectivity index (χ0v) is 14.4. The van der Waals surface area contributed by atoms with Crippen LogP contribution in [0.15, 0.2) is 6.33 Å². The Balaban J connectivity index is 2.00. The molecule has 1 aromatic heterocycles. The van der Waals surface area contributed by atoms with Crippen molar-refractivity contribution in [3.05, 3.63) is 12.2 Å². The van der Waals surface area contributed by atoms with Gasteiger partial charge in [0, 0.05) is 19.5 Å². The SMILES string of the molecule is CC(C)CNCC(C)(Cc1ncnn1CC(C)C)C1CC1. The molecule has 0 aliphatic heterocycles. The number of hydrogen-bond acceptors (Lipinski definition) is 3. The third-order valence-electron chi connectivity index (χ3n) is 4.44. The van der Waals surface area contributed by atoms with Crippen molar-refractivity contribution in [3.8, 4) is 0 Å². The largest absolute Gasteiger partial charge is 0.316 e. The second-order valence-electron chi connectivity index (χ2n) is 7.88. The predicted molar refractivity (Wildman–Crippen MR) is 87.1 cm³/mol. The van der Waals surface area contributed by atoms with Crippen LogP contribution in [0.2, 0.25) is 0 Å². The van der Waals surface area contributed by atoms with Gasteiger partial charge in [0.2, 0.25) is 0 Å². The van der Waals surface area contributed by atoms with Crippen molar-refractivity contribution in [1.29, 1.82) is 0 Å². The lowest BCUT2D eigenvalue weighted by Gasteiger charge is -2.30. The fourth-order valence-corrected chi connectivity index (χ4v) is 3.06. The first-order chi connectivity index (χ1) is 9.90. The molecule has 0 radical (unpaired) electrons. The van der Waals surface area contributed by atoms with E-state index in [9.17, 15) is 0 Å². The van der Waals surface area contributed by atoms with Gasteiger partial charge in [-0.15, -0.1) is 0 Å². The molecule has 1 fully saturated rings. The lowest BCUT2D eigenvalue weighted by molar-refractivity contribution is 0.241. The summed E-state index contributed by atoms with van der Waals surface area (Å²) in [4.78, 5) is 4.53. The normalized spacial score (nSPS) is 18.4. The molecule has 0 bridgehead atoms. The molecule has 4 heteroatoms. The first-order valence-corrected chi connectivity index (χ1v) is 8.48. The number of rotatable bonds is 9. The van der Waals surface area contributed by atoms with Crippen molar-refractivity contribution in [2.75, 3.05) is 13.1 Å². The van der Waals surface area contributed by atoms with Crippen molar-refractivity contribution in [2.45, 2.75) is 60.4 Å². The maximum Gasteiger partial charge on any atom is 0.138 e. The van der Waals surface area contributed by atoms with Gasteiger partial charge in [0.25, 0.3) is 0 Å². The fourth-order valence-electron chi connectivity index (χ4n) is 3.06. The molecule has 0 aromatic carbocycles. The minimum atomic E-state index is 0.316. The summed E-state index contributed by atoms with van der Waals surface area (Å²) in [5.74, 6) is 3.32. The summed E-state index contributed by atoms with van der Waals surface area (Å²) in [5, 5.41) is 8.08. The summed E-state index contributed by atoms with van der Waals surface area (Å²) in [6.07, 6.45) is 5.50. The Labute approximate surface area is 129 Å². The fraction of sp³-hybridized carbons (Fsp3) is 0.882. The Bertz CT molecular complexity index is 434. The van der Waals surface area contributed by atoms with Crippen molar-refractivity contribution in [2.24, 2.45) is 23.2 Å². The van der Waals surface area contributed by atoms with Crippen LogP contribution in [-0.4, -0.2) is 27.9 Å². The maximum atomic E-state index is 4.53. The van der Waals surface area contributed by atoms with E-state index in [0.29, 0.717) is 17.3 Å². The van der Waals surface area contributed by atoms with Crippen LogP contribution < -0.4 is 5.32 Å². The average molecular weight is 292 g/mol. The Morgan fingerprint density at radius 1 is 1.29 bits per heavy atom. The molecule has 4 nitrogen and oxygen atoms in total. The van der Waals surface area contributed by atoms with Crippen LogP contribution >= 0.6 is 0 Å². The Kier molecular flexibility index (Phi) is 5.42. The molecule has 0 amide bonds. The molecule has 1 N–H and O–H groups in total. The van der Waals surface area contributed by atoms with E-state index in [1.165, 1.54) is 12.8 Å². The second kappa shape index (κ2) is 6.91. The highest BCUT2D eigenvalue weighted by Crippen LogP contribution is 2.46. The van der Waals surface area contributed by atoms with Gasteiger partial charge in [-0.1, -0.05) is 34.6 Å². The molecule has 1 unspecified atom stereocenters. The molecule has 1 aromatic rings. The number of hydrogen-bond donors (Lipinski definition) is 1. The van der Waals surface area contributed by atoms with E-state index < -0.39 is 0 Å². The lowest BCUT2D eigenvalue weighted by Crippen LogP contribution is -2.38. The molecule has 0 spiro atoms. The van der Waals surface area contributed by atoms with Crippen molar-refractivity contribution < 1.29 is 0 Å². The van der Waals surface area contributed by atoms with Gasteiger partial charge in [-0.25, -0.2) is 9.67 Å². The van der Waals surface area contributed by atoms with Gasteiger partial charge in [-0.05, 0) is 42.6 Å². The summed E-state index contributed by atoms with van der Waals surface area (Å²) in [7, 11) is 0. The molecule has 0 saturated heterocycles. The predicted octanol–water partition coefficient (Wildman–Crippen LogP) is 3.14. The minimum absolute atomic E-state index is 0.316.